The van der Waals surface area contributed by atoms with E-state index in [0.717, 1.165) is 12.0 Å². The molecule has 0 heterocycles. The standard InChI is InChI=1S/C19H29N/c1-3-4-5-6-7-8-9-10-11-12-19-15-18(16-20)14-13-17(19)2/h13-15H,3-12H2,1-2H3. The summed E-state index contributed by atoms with van der Waals surface area (Å²) in [6.45, 7) is 4.41. The van der Waals surface area contributed by atoms with Gasteiger partial charge >= 0.3 is 0 Å². The summed E-state index contributed by atoms with van der Waals surface area (Å²) in [5.41, 5.74) is 3.47. The molecule has 0 aliphatic rings. The van der Waals surface area contributed by atoms with Crippen LogP contribution < -0.4 is 0 Å². The van der Waals surface area contributed by atoms with Crippen LogP contribution in [0.25, 0.3) is 0 Å². The zero-order chi connectivity index (χ0) is 14.6. The highest BCUT2D eigenvalue weighted by atomic mass is 14.2. The predicted octanol–water partition coefficient (Wildman–Crippen LogP) is 5.94. The summed E-state index contributed by atoms with van der Waals surface area (Å²) < 4.78 is 0. The Hall–Kier alpha value is -1.29. The molecule has 0 N–H and O–H groups in total. The third-order valence-corrected chi connectivity index (χ3v) is 4.03. The van der Waals surface area contributed by atoms with Crippen molar-refractivity contribution in [2.45, 2.75) is 78.1 Å². The number of rotatable bonds is 10. The Balaban J connectivity index is 2.11. The quantitative estimate of drug-likeness (QED) is 0.483. The smallest absolute Gasteiger partial charge is 0.0991 e. The second-order valence-corrected chi connectivity index (χ2v) is 5.83. The molecule has 0 saturated carbocycles. The molecule has 110 valence electrons. The Morgan fingerprint density at radius 1 is 0.900 bits per heavy atom. The fourth-order valence-corrected chi connectivity index (χ4v) is 2.64. The van der Waals surface area contributed by atoms with Crippen LogP contribution in [0.5, 0.6) is 0 Å². The van der Waals surface area contributed by atoms with E-state index >= 15 is 0 Å². The number of hydrogen-bond acceptors (Lipinski definition) is 1. The van der Waals surface area contributed by atoms with Crippen molar-refractivity contribution in [3.8, 4) is 6.07 Å². The fraction of sp³-hybridized carbons (Fsp3) is 0.632. The van der Waals surface area contributed by atoms with Crippen molar-refractivity contribution in [1.82, 2.24) is 0 Å². The zero-order valence-corrected chi connectivity index (χ0v) is 13.3. The van der Waals surface area contributed by atoms with Crippen LogP contribution in [0.4, 0.5) is 0 Å². The lowest BCUT2D eigenvalue weighted by molar-refractivity contribution is 0.564. The lowest BCUT2D eigenvalue weighted by atomic mass is 9.99. The molecule has 0 aliphatic heterocycles. The summed E-state index contributed by atoms with van der Waals surface area (Å²) in [4.78, 5) is 0. The maximum atomic E-state index is 8.93. The van der Waals surface area contributed by atoms with Crippen LogP contribution in [0.2, 0.25) is 0 Å². The van der Waals surface area contributed by atoms with Crippen molar-refractivity contribution in [2.24, 2.45) is 0 Å². The summed E-state index contributed by atoms with van der Waals surface area (Å²) in [5.74, 6) is 0. The van der Waals surface area contributed by atoms with Crippen molar-refractivity contribution in [3.05, 3.63) is 34.9 Å². The zero-order valence-electron chi connectivity index (χ0n) is 13.3. The number of unbranched alkanes of at least 4 members (excludes halogenated alkanes) is 8. The molecule has 0 radical (unpaired) electrons. The van der Waals surface area contributed by atoms with Gasteiger partial charge in [0.1, 0.15) is 0 Å². The maximum Gasteiger partial charge on any atom is 0.0991 e. The summed E-state index contributed by atoms with van der Waals surface area (Å²) in [6.07, 6.45) is 13.4. The van der Waals surface area contributed by atoms with Crippen LogP contribution in [0.3, 0.4) is 0 Å². The number of nitrogens with zero attached hydrogens (tertiary/aromatic N) is 1. The molecule has 0 aliphatic carbocycles. The Bertz CT molecular complexity index is 414. The van der Waals surface area contributed by atoms with E-state index in [2.05, 4.69) is 32.0 Å². The van der Waals surface area contributed by atoms with Crippen LogP contribution in [0.1, 0.15) is 81.4 Å². The molecule has 0 fully saturated rings. The second kappa shape index (κ2) is 10.5. The molecule has 0 spiro atoms. The first-order valence-corrected chi connectivity index (χ1v) is 8.27. The van der Waals surface area contributed by atoms with Gasteiger partial charge in [-0.15, -0.1) is 0 Å². The second-order valence-electron chi connectivity index (χ2n) is 5.83. The van der Waals surface area contributed by atoms with Crippen LogP contribution in [0, 0.1) is 18.3 Å². The molecular weight excluding hydrogens is 242 g/mol. The molecule has 1 heteroatoms. The largest absolute Gasteiger partial charge is 0.192 e. The van der Waals surface area contributed by atoms with Gasteiger partial charge in [-0.2, -0.15) is 5.26 Å². The van der Waals surface area contributed by atoms with Gasteiger partial charge in [0.15, 0.2) is 0 Å². The van der Waals surface area contributed by atoms with Crippen molar-refractivity contribution in [1.29, 1.82) is 5.26 Å². The molecule has 0 aromatic heterocycles. The summed E-state index contributed by atoms with van der Waals surface area (Å²) in [5, 5.41) is 8.93. The molecule has 0 saturated heterocycles. The van der Waals surface area contributed by atoms with Crippen LogP contribution in [-0.2, 0) is 6.42 Å². The number of benzene rings is 1. The molecule has 1 rings (SSSR count). The molecule has 0 atom stereocenters. The first kappa shape index (κ1) is 16.8. The van der Waals surface area contributed by atoms with Gasteiger partial charge in [-0.05, 0) is 43.0 Å². The van der Waals surface area contributed by atoms with E-state index < -0.39 is 0 Å². The monoisotopic (exact) mass is 271 g/mol. The molecule has 20 heavy (non-hydrogen) atoms. The first-order chi connectivity index (χ1) is 9.77. The minimum absolute atomic E-state index is 0.793. The highest BCUT2D eigenvalue weighted by Gasteiger charge is 2.00. The predicted molar refractivity (Wildman–Crippen MR) is 86.8 cm³/mol. The summed E-state index contributed by atoms with van der Waals surface area (Å²) in [6, 6.07) is 8.27. The average molecular weight is 271 g/mol. The average Bonchev–Trinajstić information content (AvgIpc) is 2.47. The third kappa shape index (κ3) is 6.75. The van der Waals surface area contributed by atoms with Crippen LogP contribution in [0.15, 0.2) is 18.2 Å². The van der Waals surface area contributed by atoms with E-state index in [1.54, 1.807) is 0 Å². The highest BCUT2D eigenvalue weighted by molar-refractivity contribution is 5.37. The third-order valence-electron chi connectivity index (χ3n) is 4.03. The van der Waals surface area contributed by atoms with Gasteiger partial charge in [0.25, 0.3) is 0 Å². The molecule has 1 aromatic carbocycles. The Morgan fingerprint density at radius 2 is 1.50 bits per heavy atom. The Kier molecular flexibility index (Phi) is 8.79. The van der Waals surface area contributed by atoms with Crippen molar-refractivity contribution < 1.29 is 0 Å². The van der Waals surface area contributed by atoms with Crippen molar-refractivity contribution in [3.63, 3.8) is 0 Å². The molecule has 0 bridgehead atoms. The SMILES string of the molecule is CCCCCCCCCCCc1cc(C#N)ccc1C. The maximum absolute atomic E-state index is 8.93. The topological polar surface area (TPSA) is 23.8 Å². The van der Waals surface area contributed by atoms with Crippen LogP contribution >= 0.6 is 0 Å². The van der Waals surface area contributed by atoms with Gasteiger partial charge < -0.3 is 0 Å². The molecular formula is C19H29N. The Labute approximate surface area is 125 Å². The molecule has 0 unspecified atom stereocenters. The lowest BCUT2D eigenvalue weighted by Gasteiger charge is -2.06. The van der Waals surface area contributed by atoms with E-state index in [4.69, 9.17) is 5.26 Å². The van der Waals surface area contributed by atoms with Gasteiger partial charge in [-0.3, -0.25) is 0 Å². The van der Waals surface area contributed by atoms with Gasteiger partial charge in [-0.25, -0.2) is 0 Å². The van der Waals surface area contributed by atoms with Gasteiger partial charge in [0, 0.05) is 0 Å². The number of hydrogen-bond donors (Lipinski definition) is 0. The van der Waals surface area contributed by atoms with E-state index in [1.807, 2.05) is 6.07 Å². The minimum atomic E-state index is 0.793. The normalized spacial score (nSPS) is 10.4. The Morgan fingerprint density at radius 3 is 2.10 bits per heavy atom. The molecule has 0 amide bonds. The van der Waals surface area contributed by atoms with Crippen LogP contribution in [-0.4, -0.2) is 0 Å². The van der Waals surface area contributed by atoms with Crippen molar-refractivity contribution in [2.75, 3.05) is 0 Å². The fourth-order valence-electron chi connectivity index (χ4n) is 2.64. The minimum Gasteiger partial charge on any atom is -0.192 e. The van der Waals surface area contributed by atoms with Gasteiger partial charge in [-0.1, -0.05) is 64.4 Å². The van der Waals surface area contributed by atoms with Gasteiger partial charge in [0.05, 0.1) is 11.6 Å². The van der Waals surface area contributed by atoms with E-state index in [0.29, 0.717) is 0 Å². The summed E-state index contributed by atoms with van der Waals surface area (Å²) in [7, 11) is 0. The first-order valence-electron chi connectivity index (χ1n) is 8.27. The van der Waals surface area contributed by atoms with E-state index in [1.165, 1.54) is 68.9 Å². The summed E-state index contributed by atoms with van der Waals surface area (Å²) >= 11 is 0. The van der Waals surface area contributed by atoms with E-state index in [9.17, 15) is 0 Å². The van der Waals surface area contributed by atoms with Gasteiger partial charge in [0.2, 0.25) is 0 Å². The van der Waals surface area contributed by atoms with E-state index in [-0.39, 0.29) is 0 Å². The number of aryl methyl sites for hydroxylation is 2. The number of nitriles is 1. The highest BCUT2D eigenvalue weighted by Crippen LogP contribution is 2.15. The molecule has 1 nitrogen and oxygen atoms in total. The van der Waals surface area contributed by atoms with Crippen molar-refractivity contribution >= 4 is 0 Å². The lowest BCUT2D eigenvalue weighted by Crippen LogP contribution is -1.91. The molecule has 1 aromatic rings.